The summed E-state index contributed by atoms with van der Waals surface area (Å²) >= 11 is 0. The van der Waals surface area contributed by atoms with E-state index in [1.807, 2.05) is 44.2 Å². The zero-order valence-corrected chi connectivity index (χ0v) is 11.8. The molecule has 0 atom stereocenters. The summed E-state index contributed by atoms with van der Waals surface area (Å²) in [4.78, 5) is 13.7. The van der Waals surface area contributed by atoms with Gasteiger partial charge in [-0.3, -0.25) is 0 Å². The molecule has 0 heterocycles. The number of hydrogen-bond donors (Lipinski definition) is 1. The Morgan fingerprint density at radius 2 is 2.00 bits per heavy atom. The maximum atomic E-state index is 12.0. The van der Waals surface area contributed by atoms with Crippen molar-refractivity contribution in [1.29, 1.82) is 0 Å². The lowest BCUT2D eigenvalue weighted by atomic mass is 10.2. The highest BCUT2D eigenvalue weighted by Gasteiger charge is 2.15. The summed E-state index contributed by atoms with van der Waals surface area (Å²) in [6.45, 7) is 6.26. The molecule has 0 bridgehead atoms. The molecule has 19 heavy (non-hydrogen) atoms. The van der Waals surface area contributed by atoms with Gasteiger partial charge in [0.1, 0.15) is 0 Å². The van der Waals surface area contributed by atoms with E-state index in [0.717, 1.165) is 12.0 Å². The Kier molecular flexibility index (Phi) is 6.97. The fourth-order valence-electron chi connectivity index (χ4n) is 1.65. The minimum absolute atomic E-state index is 0.258. The van der Waals surface area contributed by atoms with E-state index >= 15 is 0 Å². The van der Waals surface area contributed by atoms with Crippen molar-refractivity contribution in [2.75, 3.05) is 19.7 Å². The summed E-state index contributed by atoms with van der Waals surface area (Å²) in [5.41, 5.74) is 6.61. The largest absolute Gasteiger partial charge is 0.449 e. The zero-order valence-electron chi connectivity index (χ0n) is 11.8. The Balaban J connectivity index is 2.57. The lowest BCUT2D eigenvalue weighted by Crippen LogP contribution is -2.33. The van der Waals surface area contributed by atoms with Gasteiger partial charge in [-0.2, -0.15) is 0 Å². The zero-order chi connectivity index (χ0) is 14.1. The van der Waals surface area contributed by atoms with Crippen LogP contribution in [0.3, 0.4) is 0 Å². The van der Waals surface area contributed by atoms with Crippen molar-refractivity contribution < 1.29 is 9.53 Å². The molecule has 0 saturated carbocycles. The van der Waals surface area contributed by atoms with Gasteiger partial charge >= 0.3 is 6.09 Å². The van der Waals surface area contributed by atoms with Crippen LogP contribution in [0.2, 0.25) is 0 Å². The summed E-state index contributed by atoms with van der Waals surface area (Å²) in [5.74, 6) is 0.344. The molecule has 0 fully saturated rings. The highest BCUT2D eigenvalue weighted by Crippen LogP contribution is 2.07. The molecule has 1 rings (SSSR count). The van der Waals surface area contributed by atoms with Gasteiger partial charge in [0.25, 0.3) is 0 Å². The molecular formula is C15H24N2O2. The number of carbonyl (C=O) groups is 1. The van der Waals surface area contributed by atoms with E-state index < -0.39 is 0 Å². The first kappa shape index (κ1) is 15.5. The summed E-state index contributed by atoms with van der Waals surface area (Å²) in [5, 5.41) is 0. The number of rotatable bonds is 7. The van der Waals surface area contributed by atoms with Gasteiger partial charge < -0.3 is 15.4 Å². The summed E-state index contributed by atoms with van der Waals surface area (Å²) in [6, 6.07) is 9.91. The van der Waals surface area contributed by atoms with E-state index in [9.17, 15) is 4.79 Å². The van der Waals surface area contributed by atoms with Crippen LogP contribution in [-0.4, -0.2) is 30.7 Å². The van der Waals surface area contributed by atoms with Crippen LogP contribution in [0.25, 0.3) is 0 Å². The van der Waals surface area contributed by atoms with Gasteiger partial charge in [-0.05, 0) is 24.4 Å². The number of nitrogens with zero attached hydrogens (tertiary/aromatic N) is 1. The Labute approximate surface area is 115 Å². The number of hydrogen-bond acceptors (Lipinski definition) is 3. The van der Waals surface area contributed by atoms with Crippen LogP contribution in [0.15, 0.2) is 30.3 Å². The van der Waals surface area contributed by atoms with Crippen molar-refractivity contribution in [1.82, 2.24) is 4.90 Å². The molecule has 0 aliphatic heterocycles. The molecule has 4 heteroatoms. The second kappa shape index (κ2) is 8.53. The van der Waals surface area contributed by atoms with E-state index in [4.69, 9.17) is 10.5 Å². The molecule has 0 radical (unpaired) electrons. The molecule has 4 nitrogen and oxygen atoms in total. The molecule has 0 aliphatic carbocycles. The van der Waals surface area contributed by atoms with Crippen LogP contribution < -0.4 is 5.73 Å². The van der Waals surface area contributed by atoms with E-state index in [1.54, 1.807) is 4.90 Å². The van der Waals surface area contributed by atoms with Gasteiger partial charge in [0.2, 0.25) is 0 Å². The predicted molar refractivity (Wildman–Crippen MR) is 76.7 cm³/mol. The summed E-state index contributed by atoms with van der Waals surface area (Å²) in [6.07, 6.45) is 0.523. The first-order valence-electron chi connectivity index (χ1n) is 6.79. The SMILES string of the molecule is CC(C)COC(=O)N(CCCN)Cc1ccccc1. The van der Waals surface area contributed by atoms with Crippen LogP contribution in [0.5, 0.6) is 0 Å². The van der Waals surface area contributed by atoms with E-state index in [0.29, 0.717) is 32.2 Å². The van der Waals surface area contributed by atoms with Crippen LogP contribution in [0.1, 0.15) is 25.8 Å². The molecule has 0 aliphatic rings. The average molecular weight is 264 g/mol. The highest BCUT2D eigenvalue weighted by atomic mass is 16.6. The monoisotopic (exact) mass is 264 g/mol. The minimum atomic E-state index is -0.258. The third-order valence-corrected chi connectivity index (χ3v) is 2.65. The van der Waals surface area contributed by atoms with Gasteiger partial charge in [-0.1, -0.05) is 44.2 Å². The normalized spacial score (nSPS) is 10.5. The first-order chi connectivity index (χ1) is 9.13. The first-order valence-corrected chi connectivity index (χ1v) is 6.79. The average Bonchev–Trinajstić information content (AvgIpc) is 2.41. The topological polar surface area (TPSA) is 55.6 Å². The highest BCUT2D eigenvalue weighted by molar-refractivity contribution is 5.67. The molecule has 106 valence electrons. The van der Waals surface area contributed by atoms with Crippen molar-refractivity contribution >= 4 is 6.09 Å². The van der Waals surface area contributed by atoms with Crippen molar-refractivity contribution in [2.45, 2.75) is 26.8 Å². The molecule has 2 N–H and O–H groups in total. The van der Waals surface area contributed by atoms with E-state index in [-0.39, 0.29) is 6.09 Å². The van der Waals surface area contributed by atoms with Crippen LogP contribution >= 0.6 is 0 Å². The van der Waals surface area contributed by atoms with E-state index in [1.165, 1.54) is 0 Å². The lowest BCUT2D eigenvalue weighted by molar-refractivity contribution is 0.0894. The standard InChI is InChI=1S/C15H24N2O2/c1-13(2)12-19-15(18)17(10-6-9-16)11-14-7-4-3-5-8-14/h3-5,7-8,13H,6,9-12,16H2,1-2H3. The van der Waals surface area contributed by atoms with Crippen molar-refractivity contribution in [2.24, 2.45) is 11.7 Å². The number of benzene rings is 1. The quantitative estimate of drug-likeness (QED) is 0.823. The molecule has 1 amide bonds. The predicted octanol–water partition coefficient (Wildman–Crippen LogP) is 2.63. The third kappa shape index (κ3) is 6.25. The van der Waals surface area contributed by atoms with E-state index in [2.05, 4.69) is 0 Å². The molecule has 1 aromatic rings. The number of nitrogens with two attached hydrogens (primary N) is 1. The van der Waals surface area contributed by atoms with Crippen molar-refractivity contribution in [3.63, 3.8) is 0 Å². The van der Waals surface area contributed by atoms with Gasteiger partial charge in [0.15, 0.2) is 0 Å². The molecule has 0 unspecified atom stereocenters. The molecule has 1 aromatic carbocycles. The van der Waals surface area contributed by atoms with Gasteiger partial charge in [-0.15, -0.1) is 0 Å². The van der Waals surface area contributed by atoms with Gasteiger partial charge in [-0.25, -0.2) is 4.79 Å². The third-order valence-electron chi connectivity index (χ3n) is 2.65. The molecule has 0 spiro atoms. The van der Waals surface area contributed by atoms with Crippen LogP contribution in [0.4, 0.5) is 4.79 Å². The minimum Gasteiger partial charge on any atom is -0.449 e. The summed E-state index contributed by atoms with van der Waals surface area (Å²) < 4.78 is 5.28. The Bertz CT molecular complexity index is 366. The van der Waals surface area contributed by atoms with Crippen molar-refractivity contribution in [3.05, 3.63) is 35.9 Å². The molecule has 0 aromatic heterocycles. The lowest BCUT2D eigenvalue weighted by Gasteiger charge is -2.22. The second-order valence-electron chi connectivity index (χ2n) is 5.02. The molecular weight excluding hydrogens is 240 g/mol. The molecule has 0 saturated heterocycles. The Morgan fingerprint density at radius 1 is 1.32 bits per heavy atom. The summed E-state index contributed by atoms with van der Waals surface area (Å²) in [7, 11) is 0. The number of ether oxygens (including phenoxy) is 1. The number of amides is 1. The van der Waals surface area contributed by atoms with Crippen molar-refractivity contribution in [3.8, 4) is 0 Å². The fraction of sp³-hybridized carbons (Fsp3) is 0.533. The van der Waals surface area contributed by atoms with Gasteiger partial charge in [0, 0.05) is 13.1 Å². The Morgan fingerprint density at radius 3 is 2.58 bits per heavy atom. The van der Waals surface area contributed by atoms with Crippen LogP contribution in [-0.2, 0) is 11.3 Å². The second-order valence-corrected chi connectivity index (χ2v) is 5.02. The fourth-order valence-corrected chi connectivity index (χ4v) is 1.65. The Hall–Kier alpha value is -1.55. The maximum Gasteiger partial charge on any atom is 0.410 e. The maximum absolute atomic E-state index is 12.0. The van der Waals surface area contributed by atoms with Crippen LogP contribution in [0, 0.1) is 5.92 Å². The van der Waals surface area contributed by atoms with Gasteiger partial charge in [0.05, 0.1) is 6.61 Å². The number of carbonyl (C=O) groups excluding carboxylic acids is 1. The smallest absolute Gasteiger partial charge is 0.410 e.